The van der Waals surface area contributed by atoms with Gasteiger partial charge < -0.3 is 16.0 Å². The molecule has 0 aliphatic carbocycles. The van der Waals surface area contributed by atoms with E-state index in [-0.39, 0.29) is 17.6 Å². The van der Waals surface area contributed by atoms with E-state index in [1.54, 1.807) is 4.90 Å². The van der Waals surface area contributed by atoms with E-state index >= 15 is 0 Å². The topological polar surface area (TPSA) is 105 Å². The third-order valence-corrected chi connectivity index (χ3v) is 7.93. The van der Waals surface area contributed by atoms with Crippen LogP contribution in [0.2, 0.25) is 0 Å². The minimum absolute atomic E-state index is 0.236. The highest BCUT2D eigenvalue weighted by atomic mass is 32.1. The molecule has 1 aliphatic rings. The number of benzene rings is 3. The Bertz CT molecular complexity index is 1390. The quantitative estimate of drug-likeness (QED) is 0.323. The Labute approximate surface area is 225 Å². The zero-order chi connectivity index (χ0) is 26.5. The molecule has 3 N–H and O–H groups in total. The molecule has 0 radical (unpaired) electrons. The first kappa shape index (κ1) is 25.8. The van der Waals surface area contributed by atoms with Crippen LogP contribution in [0.3, 0.4) is 0 Å². The van der Waals surface area contributed by atoms with Crippen LogP contribution in [0.5, 0.6) is 0 Å². The van der Waals surface area contributed by atoms with Crippen molar-refractivity contribution >= 4 is 39.2 Å². The molecule has 1 aliphatic heterocycles. The smallest absolute Gasteiger partial charge is 0.243 e. The van der Waals surface area contributed by atoms with Crippen LogP contribution in [-0.4, -0.2) is 52.2 Å². The number of hydrogen-bond donors (Lipinski definition) is 2. The number of carbonyl (C=O) groups excluding carboxylic acids is 3. The zero-order valence-electron chi connectivity index (χ0n) is 21.0. The lowest BCUT2D eigenvalue weighted by molar-refractivity contribution is -0.139. The maximum atomic E-state index is 13.6. The Hall–Kier alpha value is -3.88. The van der Waals surface area contributed by atoms with Gasteiger partial charge in [0.15, 0.2) is 5.01 Å². The van der Waals surface area contributed by atoms with E-state index in [0.29, 0.717) is 37.2 Å². The van der Waals surface area contributed by atoms with E-state index in [9.17, 15) is 14.4 Å². The van der Waals surface area contributed by atoms with E-state index in [4.69, 9.17) is 5.73 Å². The van der Waals surface area contributed by atoms with Crippen LogP contribution in [-0.2, 0) is 22.4 Å². The van der Waals surface area contributed by atoms with Gasteiger partial charge in [-0.2, -0.15) is 0 Å². The van der Waals surface area contributed by atoms with Gasteiger partial charge in [0.05, 0.1) is 22.3 Å². The first-order valence-corrected chi connectivity index (χ1v) is 13.7. The summed E-state index contributed by atoms with van der Waals surface area (Å²) in [4.78, 5) is 46.5. The summed E-state index contributed by atoms with van der Waals surface area (Å²) < 4.78 is 0.917. The van der Waals surface area contributed by atoms with Gasteiger partial charge in [0.2, 0.25) is 17.6 Å². The second-order valence-corrected chi connectivity index (χ2v) is 10.6. The molecule has 0 unspecified atom stereocenters. The molecule has 2 amide bonds. The minimum Gasteiger partial charge on any atom is -0.344 e. The fraction of sp³-hybridized carbons (Fsp3) is 0.267. The van der Waals surface area contributed by atoms with E-state index in [1.807, 2.05) is 84.9 Å². The maximum Gasteiger partial charge on any atom is 0.243 e. The standard InChI is InChI=1S/C30H30N4O3S/c31-22(18-20-10-3-1-4-11-20)30(37)34-17-9-15-25(34)28(36)32-24(19-21-12-5-2-6-13-21)27(35)29-33-23-14-7-8-16-26(23)38-29/h1-8,10-14,16,22,24-25H,9,15,17-19,31H2,(H,32,36)/t22-,24+,25+/m1/s1. The van der Waals surface area contributed by atoms with Crippen molar-refractivity contribution in [1.82, 2.24) is 15.2 Å². The molecule has 8 heteroatoms. The summed E-state index contributed by atoms with van der Waals surface area (Å²) >= 11 is 1.32. The summed E-state index contributed by atoms with van der Waals surface area (Å²) in [6.07, 6.45) is 1.97. The van der Waals surface area contributed by atoms with Gasteiger partial charge in [-0.05, 0) is 42.5 Å². The van der Waals surface area contributed by atoms with Gasteiger partial charge in [-0.1, -0.05) is 72.8 Å². The van der Waals surface area contributed by atoms with Crippen molar-refractivity contribution in [1.29, 1.82) is 0 Å². The number of nitrogens with two attached hydrogens (primary N) is 1. The van der Waals surface area contributed by atoms with Gasteiger partial charge in [-0.25, -0.2) is 4.98 Å². The third-order valence-electron chi connectivity index (χ3n) is 6.87. The van der Waals surface area contributed by atoms with Crippen LogP contribution in [0.1, 0.15) is 33.8 Å². The summed E-state index contributed by atoms with van der Waals surface area (Å²) in [5.74, 6) is -0.818. The molecule has 0 spiro atoms. The number of amides is 2. The van der Waals surface area contributed by atoms with Crippen molar-refractivity contribution in [3.63, 3.8) is 0 Å². The monoisotopic (exact) mass is 526 g/mol. The van der Waals surface area contributed by atoms with Crippen LogP contribution in [0.4, 0.5) is 0 Å². The lowest BCUT2D eigenvalue weighted by Gasteiger charge is -2.28. The molecule has 3 atom stereocenters. The lowest BCUT2D eigenvalue weighted by atomic mass is 10.0. The fourth-order valence-corrected chi connectivity index (χ4v) is 5.89. The average molecular weight is 527 g/mol. The predicted molar refractivity (Wildman–Crippen MR) is 149 cm³/mol. The van der Waals surface area contributed by atoms with E-state index in [0.717, 1.165) is 21.3 Å². The van der Waals surface area contributed by atoms with Gasteiger partial charge in [0.1, 0.15) is 6.04 Å². The molecule has 0 saturated carbocycles. The molecule has 0 bridgehead atoms. The predicted octanol–water partition coefficient (Wildman–Crippen LogP) is 3.77. The van der Waals surface area contributed by atoms with Crippen molar-refractivity contribution in [3.05, 3.63) is 101 Å². The number of Topliss-reactive ketones (excluding diaryl/α,β-unsaturated/α-hetero) is 1. The highest BCUT2D eigenvalue weighted by Crippen LogP contribution is 2.24. The van der Waals surface area contributed by atoms with Crippen molar-refractivity contribution in [2.24, 2.45) is 5.73 Å². The summed E-state index contributed by atoms with van der Waals surface area (Å²) in [5.41, 5.74) is 8.92. The van der Waals surface area contributed by atoms with Gasteiger partial charge >= 0.3 is 0 Å². The number of likely N-dealkylation sites (tertiary alicyclic amines) is 1. The Morgan fingerprint density at radius 1 is 0.921 bits per heavy atom. The Morgan fingerprint density at radius 3 is 2.24 bits per heavy atom. The molecule has 4 aromatic rings. The maximum absolute atomic E-state index is 13.6. The second-order valence-electron chi connectivity index (χ2n) is 9.59. The van der Waals surface area contributed by atoms with E-state index in [2.05, 4.69) is 10.3 Å². The van der Waals surface area contributed by atoms with Crippen molar-refractivity contribution in [3.8, 4) is 0 Å². The normalized spacial score (nSPS) is 16.8. The molecular formula is C30H30N4O3S. The summed E-state index contributed by atoms with van der Waals surface area (Å²) in [6, 6.07) is 24.6. The number of aromatic nitrogens is 1. The van der Waals surface area contributed by atoms with Crippen LogP contribution in [0, 0.1) is 0 Å². The lowest BCUT2D eigenvalue weighted by Crippen LogP contribution is -2.54. The molecule has 2 heterocycles. The first-order chi connectivity index (χ1) is 18.5. The second kappa shape index (κ2) is 11.7. The average Bonchev–Trinajstić information content (AvgIpc) is 3.61. The largest absolute Gasteiger partial charge is 0.344 e. The van der Waals surface area contributed by atoms with Gasteiger partial charge in [-0.15, -0.1) is 11.3 Å². The fourth-order valence-electron chi connectivity index (χ4n) is 4.93. The van der Waals surface area contributed by atoms with Gasteiger partial charge in [0, 0.05) is 13.0 Å². The highest BCUT2D eigenvalue weighted by molar-refractivity contribution is 7.20. The number of carbonyl (C=O) groups is 3. The van der Waals surface area contributed by atoms with E-state index in [1.165, 1.54) is 11.3 Å². The summed E-state index contributed by atoms with van der Waals surface area (Å²) in [5, 5.41) is 3.33. The number of ketones is 1. The van der Waals surface area contributed by atoms with E-state index < -0.39 is 18.1 Å². The third kappa shape index (κ3) is 5.82. The van der Waals surface area contributed by atoms with Gasteiger partial charge in [-0.3, -0.25) is 14.4 Å². The van der Waals surface area contributed by atoms with Crippen LogP contribution >= 0.6 is 11.3 Å². The molecule has 1 saturated heterocycles. The first-order valence-electron chi connectivity index (χ1n) is 12.8. The summed E-state index contributed by atoms with van der Waals surface area (Å²) in [7, 11) is 0. The Balaban J connectivity index is 1.33. The molecule has 5 rings (SSSR count). The Kier molecular flexibility index (Phi) is 7.91. The molecule has 1 fully saturated rings. The molecular weight excluding hydrogens is 496 g/mol. The van der Waals surface area contributed by atoms with Crippen LogP contribution in [0.15, 0.2) is 84.9 Å². The molecule has 1 aromatic heterocycles. The number of rotatable bonds is 9. The molecule has 194 valence electrons. The van der Waals surface area contributed by atoms with Crippen molar-refractivity contribution < 1.29 is 14.4 Å². The van der Waals surface area contributed by atoms with Gasteiger partial charge in [0.25, 0.3) is 0 Å². The Morgan fingerprint density at radius 2 is 1.55 bits per heavy atom. The SMILES string of the molecule is N[C@H](Cc1ccccc1)C(=O)N1CCC[C@H]1C(=O)N[C@@H](Cc1ccccc1)C(=O)c1nc2ccccc2s1. The molecule has 38 heavy (non-hydrogen) atoms. The van der Waals surface area contributed by atoms with Crippen molar-refractivity contribution in [2.45, 2.75) is 43.8 Å². The van der Waals surface area contributed by atoms with Crippen LogP contribution < -0.4 is 11.1 Å². The number of para-hydroxylation sites is 1. The number of hydrogen-bond acceptors (Lipinski definition) is 6. The van der Waals surface area contributed by atoms with Crippen LogP contribution in [0.25, 0.3) is 10.2 Å². The summed E-state index contributed by atoms with van der Waals surface area (Å²) in [6.45, 7) is 0.467. The number of thiazole rings is 1. The molecule has 3 aromatic carbocycles. The minimum atomic E-state index is -0.805. The number of nitrogens with one attached hydrogen (secondary N) is 1. The molecule has 7 nitrogen and oxygen atoms in total. The van der Waals surface area contributed by atoms with Crippen molar-refractivity contribution in [2.75, 3.05) is 6.54 Å². The number of fused-ring (bicyclic) bond motifs is 1. The zero-order valence-corrected chi connectivity index (χ0v) is 21.8. The number of nitrogens with zero attached hydrogens (tertiary/aromatic N) is 2. The highest BCUT2D eigenvalue weighted by Gasteiger charge is 2.38.